The Morgan fingerprint density at radius 2 is 1.66 bits per heavy atom. The minimum absolute atomic E-state index is 0.0539. The van der Waals surface area contributed by atoms with E-state index in [2.05, 4.69) is 26.3 Å². The van der Waals surface area contributed by atoms with Crippen molar-refractivity contribution < 1.29 is 37.8 Å². The number of halogens is 2. The number of carboxylic acid groups (broad SMARTS) is 1. The van der Waals surface area contributed by atoms with Crippen molar-refractivity contribution in [1.82, 2.24) is 15.6 Å². The van der Waals surface area contributed by atoms with E-state index in [0.717, 1.165) is 6.07 Å². The Balaban J connectivity index is 1.32. The van der Waals surface area contributed by atoms with Crippen LogP contribution in [0.3, 0.4) is 0 Å². The lowest BCUT2D eigenvalue weighted by Gasteiger charge is -2.27. The summed E-state index contributed by atoms with van der Waals surface area (Å²) >= 11 is 0. The Morgan fingerprint density at radius 1 is 0.927 bits per heavy atom. The second-order valence-electron chi connectivity index (χ2n) is 9.41. The number of hydrogen-bond donors (Lipinski definition) is 5. The second-order valence-corrected chi connectivity index (χ2v) is 9.41. The molecule has 0 atom stereocenters. The fourth-order valence-electron chi connectivity index (χ4n) is 4.37. The van der Waals surface area contributed by atoms with E-state index in [1.165, 1.54) is 54.9 Å². The zero-order chi connectivity index (χ0) is 29.4. The van der Waals surface area contributed by atoms with Crippen LogP contribution in [0, 0.1) is 17.6 Å². The van der Waals surface area contributed by atoms with Gasteiger partial charge in [0.1, 0.15) is 11.5 Å². The number of carbonyl (C=O) groups is 4. The third-order valence-corrected chi connectivity index (χ3v) is 6.41. The van der Waals surface area contributed by atoms with Gasteiger partial charge in [-0.15, -0.1) is 0 Å². The van der Waals surface area contributed by atoms with Crippen molar-refractivity contribution in [2.24, 2.45) is 5.92 Å². The number of imide groups is 1. The van der Waals surface area contributed by atoms with Crippen LogP contribution in [0.5, 0.6) is 11.5 Å². The molecule has 0 radical (unpaired) electrons. The van der Waals surface area contributed by atoms with E-state index < -0.39 is 29.7 Å². The maximum Gasteiger partial charge on any atom is 0.404 e. The van der Waals surface area contributed by atoms with Gasteiger partial charge in [-0.25, -0.2) is 18.4 Å². The predicted molar refractivity (Wildman–Crippen MR) is 144 cm³/mol. The molecule has 13 heteroatoms. The highest BCUT2D eigenvalue weighted by molar-refractivity contribution is 6.01. The summed E-state index contributed by atoms with van der Waals surface area (Å²) in [4.78, 5) is 51.9. The minimum Gasteiger partial charge on any atom is -0.465 e. The first-order valence-corrected chi connectivity index (χ1v) is 12.7. The summed E-state index contributed by atoms with van der Waals surface area (Å²) in [5.74, 6) is -2.56. The summed E-state index contributed by atoms with van der Waals surface area (Å²) < 4.78 is 33.5. The molecule has 1 aliphatic carbocycles. The third-order valence-electron chi connectivity index (χ3n) is 6.41. The van der Waals surface area contributed by atoms with Crippen LogP contribution >= 0.6 is 0 Å². The highest BCUT2D eigenvalue weighted by Crippen LogP contribution is 2.33. The number of aromatic nitrogens is 1. The summed E-state index contributed by atoms with van der Waals surface area (Å²) in [5, 5.41) is 18.5. The van der Waals surface area contributed by atoms with E-state index in [9.17, 15) is 28.0 Å². The maximum atomic E-state index is 14.8. The van der Waals surface area contributed by atoms with Crippen LogP contribution in [-0.2, 0) is 16.0 Å². The number of nitrogens with zero attached hydrogens (tertiary/aromatic N) is 1. The Kier molecular flexibility index (Phi) is 9.40. The van der Waals surface area contributed by atoms with E-state index >= 15 is 0 Å². The number of carbonyl (C=O) groups excluding carboxylic acids is 3. The van der Waals surface area contributed by atoms with Crippen LogP contribution < -0.4 is 26.0 Å². The van der Waals surface area contributed by atoms with E-state index in [0.29, 0.717) is 31.2 Å². The fourth-order valence-corrected chi connectivity index (χ4v) is 4.37. The van der Waals surface area contributed by atoms with Gasteiger partial charge in [0.15, 0.2) is 17.3 Å². The highest BCUT2D eigenvalue weighted by atomic mass is 19.1. The monoisotopic (exact) mass is 567 g/mol. The van der Waals surface area contributed by atoms with Gasteiger partial charge in [-0.2, -0.15) is 0 Å². The molecule has 0 bridgehead atoms. The first kappa shape index (κ1) is 28.9. The molecule has 1 aliphatic rings. The molecule has 1 aromatic heterocycles. The van der Waals surface area contributed by atoms with Crippen molar-refractivity contribution in [2.45, 2.75) is 38.1 Å². The summed E-state index contributed by atoms with van der Waals surface area (Å²) in [6.45, 7) is 0. The number of benzene rings is 2. The quantitative estimate of drug-likeness (QED) is 0.261. The topological polar surface area (TPSA) is 159 Å². The Bertz CT molecular complexity index is 1430. The number of amides is 5. The van der Waals surface area contributed by atoms with E-state index in [-0.39, 0.29) is 47.2 Å². The second kappa shape index (κ2) is 13.3. The SMILES string of the molecule is O=C(Cc1ccc(F)cc1)NC(=O)Nc1ccc(Oc2ccncc2NC(=O)[C@H]2CC[C@H](NC(=O)O)CC2)c(F)c1. The van der Waals surface area contributed by atoms with Gasteiger partial charge in [-0.3, -0.25) is 19.9 Å². The van der Waals surface area contributed by atoms with Crippen LogP contribution in [0.1, 0.15) is 31.2 Å². The molecular weight excluding hydrogens is 540 g/mol. The van der Waals surface area contributed by atoms with Crippen molar-refractivity contribution in [1.29, 1.82) is 0 Å². The smallest absolute Gasteiger partial charge is 0.404 e. The number of nitrogens with one attached hydrogen (secondary N) is 4. The van der Waals surface area contributed by atoms with Gasteiger partial charge in [0.05, 0.1) is 12.6 Å². The van der Waals surface area contributed by atoms with Gasteiger partial charge < -0.3 is 25.8 Å². The average molecular weight is 568 g/mol. The van der Waals surface area contributed by atoms with Crippen molar-refractivity contribution in [3.05, 3.63) is 78.1 Å². The van der Waals surface area contributed by atoms with Crippen molar-refractivity contribution >= 4 is 35.3 Å². The average Bonchev–Trinajstić information content (AvgIpc) is 2.92. The fraction of sp³-hybridized carbons (Fsp3) is 0.250. The molecule has 2 aromatic carbocycles. The van der Waals surface area contributed by atoms with Crippen LogP contribution in [0.15, 0.2) is 60.9 Å². The molecular formula is C28H27F2N5O6. The summed E-state index contributed by atoms with van der Waals surface area (Å²) in [5.41, 5.74) is 0.790. The third kappa shape index (κ3) is 8.46. The van der Waals surface area contributed by atoms with E-state index in [4.69, 9.17) is 9.84 Å². The molecule has 0 unspecified atom stereocenters. The first-order chi connectivity index (χ1) is 19.7. The minimum atomic E-state index is -1.09. The molecule has 0 saturated heterocycles. The molecule has 11 nitrogen and oxygen atoms in total. The van der Waals surface area contributed by atoms with Gasteiger partial charge in [0.2, 0.25) is 11.8 Å². The summed E-state index contributed by atoms with van der Waals surface area (Å²) in [6, 6.07) is 9.27. The molecule has 1 heterocycles. The van der Waals surface area contributed by atoms with Crippen molar-refractivity contribution in [3.8, 4) is 11.5 Å². The zero-order valence-corrected chi connectivity index (χ0v) is 21.7. The van der Waals surface area contributed by atoms with Crippen molar-refractivity contribution in [3.63, 3.8) is 0 Å². The number of pyridine rings is 1. The van der Waals surface area contributed by atoms with Gasteiger partial charge in [-0.05, 0) is 55.5 Å². The van der Waals surface area contributed by atoms with Crippen molar-refractivity contribution in [2.75, 3.05) is 10.6 Å². The normalized spacial score (nSPS) is 16.2. The standard InChI is InChI=1S/C28H27F2N5O6/c29-18-5-1-16(2-6-18)13-25(36)35-27(38)32-20-9-10-23(21(30)14-20)41-24-11-12-31-15-22(24)34-26(37)17-3-7-19(8-4-17)33-28(39)40/h1-2,5-6,9-12,14-15,17,19,33H,3-4,7-8,13H2,(H,34,37)(H,39,40)(H2,32,35,36,38)/t17-,19-. The van der Waals surface area contributed by atoms with E-state index in [1.807, 2.05) is 0 Å². The van der Waals surface area contributed by atoms with Gasteiger partial charge in [0, 0.05) is 36.0 Å². The largest absolute Gasteiger partial charge is 0.465 e. The zero-order valence-electron chi connectivity index (χ0n) is 21.7. The summed E-state index contributed by atoms with van der Waals surface area (Å²) in [7, 11) is 0. The summed E-state index contributed by atoms with van der Waals surface area (Å²) in [6.07, 6.45) is 3.61. The Hall–Kier alpha value is -5.07. The maximum absolute atomic E-state index is 14.8. The molecule has 0 aliphatic heterocycles. The number of ether oxygens (including phenoxy) is 1. The predicted octanol–water partition coefficient (Wildman–Crippen LogP) is 4.81. The number of urea groups is 1. The lowest BCUT2D eigenvalue weighted by Crippen LogP contribution is -2.38. The molecule has 3 aromatic rings. The van der Waals surface area contributed by atoms with Gasteiger partial charge >= 0.3 is 12.1 Å². The molecule has 1 fully saturated rings. The van der Waals surface area contributed by atoms with Crippen LogP contribution in [0.25, 0.3) is 0 Å². The van der Waals surface area contributed by atoms with Gasteiger partial charge in [-0.1, -0.05) is 12.1 Å². The molecule has 5 N–H and O–H groups in total. The Morgan fingerprint density at radius 3 is 2.34 bits per heavy atom. The molecule has 5 amide bonds. The molecule has 1 saturated carbocycles. The molecule has 0 spiro atoms. The molecule has 4 rings (SSSR count). The number of hydrogen-bond acceptors (Lipinski definition) is 6. The van der Waals surface area contributed by atoms with Gasteiger partial charge in [0.25, 0.3) is 0 Å². The Labute approximate surface area is 233 Å². The lowest BCUT2D eigenvalue weighted by atomic mass is 9.85. The highest BCUT2D eigenvalue weighted by Gasteiger charge is 2.27. The number of rotatable bonds is 8. The van der Waals surface area contributed by atoms with E-state index in [1.54, 1.807) is 0 Å². The first-order valence-electron chi connectivity index (χ1n) is 12.7. The molecule has 41 heavy (non-hydrogen) atoms. The molecule has 214 valence electrons. The van der Waals surface area contributed by atoms with Crippen LogP contribution in [0.4, 0.5) is 29.7 Å². The number of anilines is 2. The lowest BCUT2D eigenvalue weighted by molar-refractivity contribution is -0.121. The van der Waals surface area contributed by atoms with Crippen LogP contribution in [0.2, 0.25) is 0 Å². The van der Waals surface area contributed by atoms with Crippen LogP contribution in [-0.4, -0.2) is 40.1 Å².